The molecule has 0 heterocycles. The molecular formula is C13H16F2N2O3S. The maximum absolute atomic E-state index is 13.8. The topological polar surface area (TPSA) is 89.3 Å². The second-order valence-corrected chi connectivity index (χ2v) is 7.09. The van der Waals surface area contributed by atoms with Crippen LogP contribution in [0.1, 0.15) is 32.6 Å². The Hall–Kier alpha value is -1.54. The zero-order valence-electron chi connectivity index (χ0n) is 11.4. The van der Waals surface area contributed by atoms with Crippen LogP contribution in [0, 0.1) is 17.0 Å². The van der Waals surface area contributed by atoms with E-state index >= 15 is 0 Å². The highest BCUT2D eigenvalue weighted by Gasteiger charge is 2.37. The summed E-state index contributed by atoms with van der Waals surface area (Å²) in [4.78, 5) is 11.5. The van der Waals surface area contributed by atoms with Crippen LogP contribution < -0.4 is 10.5 Å². The molecule has 0 unspecified atom stereocenters. The van der Waals surface area contributed by atoms with Crippen LogP contribution in [0.4, 0.5) is 14.5 Å². The number of nitrogens with one attached hydrogen (secondary N) is 1. The molecule has 1 aromatic carbocycles. The minimum atomic E-state index is -4.21. The first kappa shape index (κ1) is 15.8. The Morgan fingerprint density at radius 1 is 1.24 bits per heavy atom. The van der Waals surface area contributed by atoms with Gasteiger partial charge in [-0.2, -0.15) is 0 Å². The Morgan fingerprint density at radius 3 is 2.14 bits per heavy atom. The van der Waals surface area contributed by atoms with Gasteiger partial charge in [0.1, 0.15) is 5.69 Å². The maximum Gasteiger partial charge on any atom is 0.238 e. The molecule has 0 aromatic heterocycles. The quantitative estimate of drug-likeness (QED) is 0.894. The molecule has 3 N–H and O–H groups in total. The van der Waals surface area contributed by atoms with Crippen molar-refractivity contribution in [1.29, 1.82) is 0 Å². The number of amides is 1. The molecule has 0 radical (unpaired) electrons. The Balaban J connectivity index is 2.31. The molecule has 5 nitrogen and oxygen atoms in total. The second-order valence-electron chi connectivity index (χ2n) is 5.53. The third-order valence-electron chi connectivity index (χ3n) is 3.84. The highest BCUT2D eigenvalue weighted by Crippen LogP contribution is 2.39. The minimum Gasteiger partial charge on any atom is -0.321 e. The van der Waals surface area contributed by atoms with Gasteiger partial charge in [0.15, 0.2) is 11.6 Å². The first-order valence-electron chi connectivity index (χ1n) is 6.47. The molecule has 1 saturated carbocycles. The second kappa shape index (κ2) is 5.34. The van der Waals surface area contributed by atoms with Crippen molar-refractivity contribution in [2.24, 2.45) is 10.6 Å². The number of carbonyl (C=O) groups is 1. The van der Waals surface area contributed by atoms with Crippen LogP contribution in [0.5, 0.6) is 0 Å². The maximum atomic E-state index is 13.8. The van der Waals surface area contributed by atoms with E-state index in [2.05, 4.69) is 5.32 Å². The lowest BCUT2D eigenvalue weighted by Crippen LogP contribution is -2.31. The van der Waals surface area contributed by atoms with Gasteiger partial charge in [0.2, 0.25) is 15.9 Å². The van der Waals surface area contributed by atoms with Crippen molar-refractivity contribution in [2.45, 2.75) is 37.5 Å². The van der Waals surface area contributed by atoms with E-state index in [0.717, 1.165) is 12.8 Å². The molecule has 0 atom stereocenters. The smallest absolute Gasteiger partial charge is 0.238 e. The minimum absolute atomic E-state index is 0.471. The number of primary sulfonamides is 1. The van der Waals surface area contributed by atoms with Gasteiger partial charge in [0, 0.05) is 5.41 Å². The van der Waals surface area contributed by atoms with E-state index in [4.69, 9.17) is 5.14 Å². The molecule has 21 heavy (non-hydrogen) atoms. The molecule has 1 aliphatic carbocycles. The molecule has 0 bridgehead atoms. The summed E-state index contributed by atoms with van der Waals surface area (Å²) in [6.07, 6.45) is 3.08. The van der Waals surface area contributed by atoms with Gasteiger partial charge in [-0.1, -0.05) is 19.8 Å². The van der Waals surface area contributed by atoms with Crippen molar-refractivity contribution in [2.75, 3.05) is 5.32 Å². The summed E-state index contributed by atoms with van der Waals surface area (Å²) >= 11 is 0. The highest BCUT2D eigenvalue weighted by molar-refractivity contribution is 7.89. The summed E-state index contributed by atoms with van der Waals surface area (Å²) in [6, 6.07) is 1.18. The summed E-state index contributed by atoms with van der Waals surface area (Å²) in [6.45, 7) is 1.74. The fourth-order valence-corrected chi connectivity index (χ4v) is 3.02. The van der Waals surface area contributed by atoms with Gasteiger partial charge >= 0.3 is 0 Å². The number of halogens is 2. The Kier molecular flexibility index (Phi) is 4.03. The molecule has 0 spiro atoms. The average molecular weight is 318 g/mol. The number of anilines is 1. The number of rotatable bonds is 3. The Labute approximate surface area is 121 Å². The van der Waals surface area contributed by atoms with E-state index < -0.39 is 43.6 Å². The predicted molar refractivity (Wildman–Crippen MR) is 72.9 cm³/mol. The molecule has 2 rings (SSSR count). The van der Waals surface area contributed by atoms with E-state index in [9.17, 15) is 22.0 Å². The number of carbonyl (C=O) groups excluding carboxylic acids is 1. The lowest BCUT2D eigenvalue weighted by Gasteiger charge is -2.22. The SMILES string of the molecule is CC1(C(=O)Nc2c(F)cc(S(N)(=O)=O)cc2F)CCCC1. The van der Waals surface area contributed by atoms with E-state index in [1.165, 1.54) is 0 Å². The average Bonchev–Trinajstić information content (AvgIpc) is 2.80. The van der Waals surface area contributed by atoms with Crippen LogP contribution in [0.2, 0.25) is 0 Å². The lowest BCUT2D eigenvalue weighted by atomic mass is 9.88. The van der Waals surface area contributed by atoms with Gasteiger partial charge in [-0.15, -0.1) is 0 Å². The van der Waals surface area contributed by atoms with Crippen LogP contribution >= 0.6 is 0 Å². The zero-order valence-corrected chi connectivity index (χ0v) is 12.3. The fraction of sp³-hybridized carbons (Fsp3) is 0.462. The van der Waals surface area contributed by atoms with E-state index in [1.54, 1.807) is 6.92 Å². The van der Waals surface area contributed by atoms with Gasteiger partial charge < -0.3 is 5.32 Å². The van der Waals surface area contributed by atoms with Gasteiger partial charge in [-0.3, -0.25) is 4.79 Å². The van der Waals surface area contributed by atoms with Crippen molar-refractivity contribution in [1.82, 2.24) is 0 Å². The highest BCUT2D eigenvalue weighted by atomic mass is 32.2. The van der Waals surface area contributed by atoms with Crippen LogP contribution in [0.15, 0.2) is 17.0 Å². The monoisotopic (exact) mass is 318 g/mol. The standard InChI is InChI=1S/C13H16F2N2O3S/c1-13(4-2-3-5-13)12(18)17-11-9(14)6-8(7-10(11)15)21(16,19)20/h6-7H,2-5H2,1H3,(H,17,18)(H2,16,19,20). The normalized spacial score (nSPS) is 17.7. The van der Waals surface area contributed by atoms with E-state index in [1.807, 2.05) is 0 Å². The molecule has 0 aliphatic heterocycles. The first-order chi connectivity index (χ1) is 9.63. The summed E-state index contributed by atoms with van der Waals surface area (Å²) in [5.41, 5.74) is -1.31. The summed E-state index contributed by atoms with van der Waals surface area (Å²) in [7, 11) is -4.21. The van der Waals surface area contributed by atoms with Crippen molar-refractivity contribution in [3.05, 3.63) is 23.8 Å². The van der Waals surface area contributed by atoms with Crippen LogP contribution in [0.3, 0.4) is 0 Å². The van der Waals surface area contributed by atoms with Crippen molar-refractivity contribution in [3.63, 3.8) is 0 Å². The zero-order chi connectivity index (χ0) is 15.8. The number of benzene rings is 1. The number of sulfonamides is 1. The van der Waals surface area contributed by atoms with Gasteiger partial charge in [-0.05, 0) is 25.0 Å². The van der Waals surface area contributed by atoms with Crippen molar-refractivity contribution < 1.29 is 22.0 Å². The van der Waals surface area contributed by atoms with Crippen LogP contribution in [-0.4, -0.2) is 14.3 Å². The summed E-state index contributed by atoms with van der Waals surface area (Å²) in [5.74, 6) is -2.82. The van der Waals surface area contributed by atoms with Gasteiger partial charge in [0.25, 0.3) is 0 Å². The molecule has 0 saturated heterocycles. The van der Waals surface area contributed by atoms with Gasteiger partial charge in [-0.25, -0.2) is 22.3 Å². The predicted octanol–water partition coefficient (Wildman–Crippen LogP) is 2.13. The third-order valence-corrected chi connectivity index (χ3v) is 4.73. The van der Waals surface area contributed by atoms with Crippen LogP contribution in [0.25, 0.3) is 0 Å². The largest absolute Gasteiger partial charge is 0.321 e. The molecular weight excluding hydrogens is 302 g/mol. The Bertz CT molecular complexity index is 660. The lowest BCUT2D eigenvalue weighted by molar-refractivity contribution is -0.124. The molecule has 116 valence electrons. The van der Waals surface area contributed by atoms with E-state index in [0.29, 0.717) is 25.0 Å². The number of hydrogen-bond acceptors (Lipinski definition) is 3. The third kappa shape index (κ3) is 3.21. The number of nitrogens with two attached hydrogens (primary N) is 1. The Morgan fingerprint density at radius 2 is 1.71 bits per heavy atom. The summed E-state index contributed by atoms with van der Waals surface area (Å²) in [5, 5.41) is 7.03. The number of hydrogen-bond donors (Lipinski definition) is 2. The molecule has 1 aliphatic rings. The van der Waals surface area contributed by atoms with E-state index in [-0.39, 0.29) is 0 Å². The van der Waals surface area contributed by atoms with Crippen molar-refractivity contribution >= 4 is 21.6 Å². The molecule has 1 fully saturated rings. The molecule has 1 aromatic rings. The molecule has 1 amide bonds. The first-order valence-corrected chi connectivity index (χ1v) is 8.01. The van der Waals surface area contributed by atoms with Crippen LogP contribution in [-0.2, 0) is 14.8 Å². The van der Waals surface area contributed by atoms with Crippen molar-refractivity contribution in [3.8, 4) is 0 Å². The fourth-order valence-electron chi connectivity index (χ4n) is 2.48. The summed E-state index contributed by atoms with van der Waals surface area (Å²) < 4.78 is 49.9. The molecule has 8 heteroatoms. The van der Waals surface area contributed by atoms with Gasteiger partial charge in [0.05, 0.1) is 4.90 Å².